The number of halogens is 2. The second kappa shape index (κ2) is 13.7. The molecule has 0 saturated heterocycles. The zero-order valence-electron chi connectivity index (χ0n) is 22.6. The molecule has 1 atom stereocenters. The third-order valence-electron chi connectivity index (χ3n) is 6.12. The number of sulfonamides is 1. The van der Waals surface area contributed by atoms with Crippen molar-refractivity contribution in [2.24, 2.45) is 0 Å². The maximum Gasteiger partial charge on any atom is 0.264 e. The minimum Gasteiger partial charge on any atom is -0.493 e. The highest BCUT2D eigenvalue weighted by atomic mass is 35.5. The molecular weight excluding hydrogens is 577 g/mol. The van der Waals surface area contributed by atoms with Gasteiger partial charge in [0.15, 0.2) is 11.5 Å². The van der Waals surface area contributed by atoms with Gasteiger partial charge in [-0.2, -0.15) is 0 Å². The van der Waals surface area contributed by atoms with E-state index in [0.717, 1.165) is 4.31 Å². The zero-order valence-corrected chi connectivity index (χ0v) is 24.9. The van der Waals surface area contributed by atoms with Gasteiger partial charge in [0.2, 0.25) is 11.8 Å². The lowest BCUT2D eigenvalue weighted by Crippen LogP contribution is -2.51. The van der Waals surface area contributed by atoms with E-state index < -0.39 is 28.5 Å². The SMILES string of the molecule is CCNC(=O)[C@H](C)N(Cc1ccc(Cl)c(Cl)c1)C(=O)CN(c1ccc(OC)c(OC)c1)S(=O)(=O)c1ccccc1. The number of nitrogens with zero attached hydrogens (tertiary/aromatic N) is 2. The van der Waals surface area contributed by atoms with E-state index in [4.69, 9.17) is 32.7 Å². The fraction of sp³-hybridized carbons (Fsp3) is 0.286. The number of methoxy groups -OCH3 is 2. The van der Waals surface area contributed by atoms with E-state index in [0.29, 0.717) is 22.9 Å². The molecule has 0 radical (unpaired) electrons. The molecule has 3 aromatic rings. The first-order valence-electron chi connectivity index (χ1n) is 12.3. The lowest BCUT2D eigenvalue weighted by atomic mass is 10.1. The number of likely N-dealkylation sites (N-methyl/N-ethyl adjacent to an activating group) is 1. The molecule has 0 aliphatic heterocycles. The van der Waals surface area contributed by atoms with Crippen molar-refractivity contribution in [2.75, 3.05) is 31.6 Å². The van der Waals surface area contributed by atoms with E-state index in [1.807, 2.05) is 0 Å². The molecule has 3 aromatic carbocycles. The predicted octanol–water partition coefficient (Wildman–Crippen LogP) is 4.76. The Kier molecular flexibility index (Phi) is 10.7. The number of rotatable bonds is 12. The van der Waals surface area contributed by atoms with Crippen LogP contribution in [0.2, 0.25) is 10.0 Å². The molecule has 0 saturated carbocycles. The monoisotopic (exact) mass is 607 g/mol. The van der Waals surface area contributed by atoms with Gasteiger partial charge in [0.05, 0.1) is 34.8 Å². The molecule has 0 aliphatic rings. The number of carbonyl (C=O) groups is 2. The highest BCUT2D eigenvalue weighted by Gasteiger charge is 2.33. The second-order valence-electron chi connectivity index (χ2n) is 8.70. The second-order valence-corrected chi connectivity index (χ2v) is 11.4. The van der Waals surface area contributed by atoms with Crippen LogP contribution in [0.4, 0.5) is 5.69 Å². The summed E-state index contributed by atoms with van der Waals surface area (Å²) in [6.07, 6.45) is 0. The molecule has 12 heteroatoms. The summed E-state index contributed by atoms with van der Waals surface area (Å²) < 4.78 is 39.4. The van der Waals surface area contributed by atoms with Gasteiger partial charge in [-0.05, 0) is 55.8 Å². The minimum absolute atomic E-state index is 0.00890. The Bertz CT molecular complexity index is 1450. The molecule has 0 aliphatic carbocycles. The van der Waals surface area contributed by atoms with Gasteiger partial charge in [-0.25, -0.2) is 8.42 Å². The van der Waals surface area contributed by atoms with E-state index in [1.54, 1.807) is 56.3 Å². The average Bonchev–Trinajstić information content (AvgIpc) is 2.96. The van der Waals surface area contributed by atoms with Gasteiger partial charge in [-0.3, -0.25) is 13.9 Å². The fourth-order valence-corrected chi connectivity index (χ4v) is 5.72. The molecule has 1 N–H and O–H groups in total. The first-order chi connectivity index (χ1) is 19.0. The van der Waals surface area contributed by atoms with E-state index in [2.05, 4.69) is 5.32 Å². The van der Waals surface area contributed by atoms with Crippen LogP contribution in [0.1, 0.15) is 19.4 Å². The van der Waals surface area contributed by atoms with Crippen molar-refractivity contribution in [1.82, 2.24) is 10.2 Å². The summed E-state index contributed by atoms with van der Waals surface area (Å²) in [5.41, 5.74) is 0.789. The van der Waals surface area contributed by atoms with Crippen LogP contribution in [0.25, 0.3) is 0 Å². The summed E-state index contributed by atoms with van der Waals surface area (Å²) in [4.78, 5) is 28.0. The number of amides is 2. The molecule has 2 amide bonds. The van der Waals surface area contributed by atoms with Crippen LogP contribution < -0.4 is 19.1 Å². The van der Waals surface area contributed by atoms with Crippen LogP contribution in [0.5, 0.6) is 11.5 Å². The largest absolute Gasteiger partial charge is 0.493 e. The van der Waals surface area contributed by atoms with Gasteiger partial charge >= 0.3 is 0 Å². The Morgan fingerprint density at radius 2 is 1.60 bits per heavy atom. The van der Waals surface area contributed by atoms with Gasteiger partial charge in [0.1, 0.15) is 12.6 Å². The Morgan fingerprint density at radius 1 is 0.925 bits per heavy atom. The Balaban J connectivity index is 2.08. The number of anilines is 1. The lowest BCUT2D eigenvalue weighted by molar-refractivity contribution is -0.139. The third kappa shape index (κ3) is 7.18. The molecule has 0 unspecified atom stereocenters. The molecule has 0 spiro atoms. The topological polar surface area (TPSA) is 105 Å². The number of hydrogen-bond donors (Lipinski definition) is 1. The van der Waals surface area contributed by atoms with Crippen LogP contribution in [0, 0.1) is 0 Å². The molecule has 3 rings (SSSR count). The Morgan fingerprint density at radius 3 is 2.20 bits per heavy atom. The Hall–Kier alpha value is -3.47. The van der Waals surface area contributed by atoms with Crippen LogP contribution in [-0.4, -0.2) is 58.5 Å². The molecule has 9 nitrogen and oxygen atoms in total. The molecule has 40 heavy (non-hydrogen) atoms. The smallest absolute Gasteiger partial charge is 0.264 e. The summed E-state index contributed by atoms with van der Waals surface area (Å²) in [6.45, 7) is 3.09. The minimum atomic E-state index is -4.22. The Labute approximate surface area is 244 Å². The summed E-state index contributed by atoms with van der Waals surface area (Å²) in [5.74, 6) is -0.330. The standard InChI is InChI=1S/C28H31Cl2N3O6S/c1-5-31-28(35)19(2)32(17-20-11-13-23(29)24(30)15-20)27(34)18-33(40(36,37)22-9-7-6-8-10-22)21-12-14-25(38-3)26(16-21)39-4/h6-16,19H,5,17-18H2,1-4H3,(H,31,35)/t19-/m0/s1. The number of hydrogen-bond acceptors (Lipinski definition) is 6. The van der Waals surface area contributed by atoms with Crippen molar-refractivity contribution in [3.05, 3.63) is 82.3 Å². The van der Waals surface area contributed by atoms with Crippen molar-refractivity contribution in [2.45, 2.75) is 31.3 Å². The summed E-state index contributed by atoms with van der Waals surface area (Å²) in [6, 6.07) is 16.3. The quantitative estimate of drug-likeness (QED) is 0.318. The first kappa shape index (κ1) is 31.1. The van der Waals surface area contributed by atoms with E-state index in [9.17, 15) is 18.0 Å². The maximum atomic E-state index is 13.9. The summed E-state index contributed by atoms with van der Waals surface area (Å²) in [7, 11) is -1.33. The zero-order chi connectivity index (χ0) is 29.4. The number of carbonyl (C=O) groups excluding carboxylic acids is 2. The highest BCUT2D eigenvalue weighted by molar-refractivity contribution is 7.92. The van der Waals surface area contributed by atoms with Gasteiger partial charge in [-0.15, -0.1) is 0 Å². The van der Waals surface area contributed by atoms with E-state index >= 15 is 0 Å². The molecule has 0 aromatic heterocycles. The molecular formula is C28H31Cl2N3O6S. The summed E-state index contributed by atoms with van der Waals surface area (Å²) in [5, 5.41) is 3.34. The number of nitrogens with one attached hydrogen (secondary N) is 1. The van der Waals surface area contributed by atoms with Crippen molar-refractivity contribution in [3.8, 4) is 11.5 Å². The first-order valence-corrected chi connectivity index (χ1v) is 14.5. The predicted molar refractivity (Wildman–Crippen MR) is 156 cm³/mol. The van der Waals surface area contributed by atoms with Crippen LogP contribution in [0.15, 0.2) is 71.6 Å². The fourth-order valence-electron chi connectivity index (χ4n) is 3.97. The average molecular weight is 609 g/mol. The molecule has 214 valence electrons. The van der Waals surface area contributed by atoms with Crippen molar-refractivity contribution in [3.63, 3.8) is 0 Å². The third-order valence-corrected chi connectivity index (χ3v) is 8.65. The maximum absolute atomic E-state index is 13.9. The molecule has 0 fully saturated rings. The van der Waals surface area contributed by atoms with Crippen molar-refractivity contribution < 1.29 is 27.5 Å². The van der Waals surface area contributed by atoms with Gasteiger partial charge in [0, 0.05) is 19.2 Å². The van der Waals surface area contributed by atoms with Crippen molar-refractivity contribution in [1.29, 1.82) is 0 Å². The highest BCUT2D eigenvalue weighted by Crippen LogP contribution is 2.34. The van der Waals surface area contributed by atoms with Crippen LogP contribution in [-0.2, 0) is 26.2 Å². The number of ether oxygens (including phenoxy) is 2. The normalized spacial score (nSPS) is 11.8. The van der Waals surface area contributed by atoms with Crippen LogP contribution >= 0.6 is 23.2 Å². The van der Waals surface area contributed by atoms with E-state index in [-0.39, 0.29) is 33.8 Å². The lowest BCUT2D eigenvalue weighted by Gasteiger charge is -2.32. The molecule has 0 bridgehead atoms. The van der Waals surface area contributed by atoms with E-state index in [1.165, 1.54) is 43.4 Å². The summed E-state index contributed by atoms with van der Waals surface area (Å²) >= 11 is 12.2. The number of benzene rings is 3. The van der Waals surface area contributed by atoms with Gasteiger partial charge in [-0.1, -0.05) is 47.5 Å². The van der Waals surface area contributed by atoms with Gasteiger partial charge < -0.3 is 19.7 Å². The van der Waals surface area contributed by atoms with Crippen LogP contribution in [0.3, 0.4) is 0 Å². The van der Waals surface area contributed by atoms with Crippen molar-refractivity contribution >= 4 is 50.7 Å². The molecule has 0 heterocycles. The van der Waals surface area contributed by atoms with Gasteiger partial charge in [0.25, 0.3) is 10.0 Å².